The van der Waals surface area contributed by atoms with Crippen molar-refractivity contribution in [3.63, 3.8) is 0 Å². The summed E-state index contributed by atoms with van der Waals surface area (Å²) >= 11 is 0. The summed E-state index contributed by atoms with van der Waals surface area (Å²) in [7, 11) is 0. The van der Waals surface area contributed by atoms with Crippen molar-refractivity contribution in [3.05, 3.63) is 53.2 Å². The van der Waals surface area contributed by atoms with Crippen LogP contribution in [0.3, 0.4) is 0 Å². The molecule has 0 aliphatic carbocycles. The van der Waals surface area contributed by atoms with E-state index in [2.05, 4.69) is 17.1 Å². The molecule has 88 valence electrons. The van der Waals surface area contributed by atoms with Crippen LogP contribution >= 0.6 is 0 Å². The third-order valence-corrected chi connectivity index (χ3v) is 2.64. The highest BCUT2D eigenvalue weighted by molar-refractivity contribution is 5.46. The van der Waals surface area contributed by atoms with Gasteiger partial charge < -0.3 is 4.74 Å². The molecule has 2 aromatic rings. The lowest BCUT2D eigenvalue weighted by Crippen LogP contribution is -2.04. The van der Waals surface area contributed by atoms with Crippen LogP contribution in [0.25, 0.3) is 0 Å². The van der Waals surface area contributed by atoms with Gasteiger partial charge in [-0.2, -0.15) is 0 Å². The zero-order valence-electron chi connectivity index (χ0n) is 10.5. The van der Waals surface area contributed by atoms with E-state index in [0.717, 1.165) is 23.7 Å². The van der Waals surface area contributed by atoms with Crippen LogP contribution in [0.2, 0.25) is 0 Å². The van der Waals surface area contributed by atoms with Crippen LogP contribution in [0.1, 0.15) is 30.7 Å². The van der Waals surface area contributed by atoms with Crippen LogP contribution < -0.4 is 4.74 Å². The monoisotopic (exact) mass is 227 g/mol. The van der Waals surface area contributed by atoms with Crippen LogP contribution in [-0.4, -0.2) is 4.98 Å². The number of fused-ring (bicyclic) bond motifs is 2. The number of pyridine rings is 1. The van der Waals surface area contributed by atoms with Crippen LogP contribution in [-0.2, 0) is 6.42 Å². The summed E-state index contributed by atoms with van der Waals surface area (Å²) in [5, 5.41) is 0. The lowest BCUT2D eigenvalue weighted by molar-refractivity contribution is 0.439. The molecule has 0 saturated heterocycles. The van der Waals surface area contributed by atoms with E-state index in [4.69, 9.17) is 4.74 Å². The molecule has 0 amide bonds. The molecule has 0 atom stereocenters. The maximum Gasteiger partial charge on any atom is 0.223 e. The summed E-state index contributed by atoms with van der Waals surface area (Å²) in [6, 6.07) is 12.2. The van der Waals surface area contributed by atoms with Gasteiger partial charge in [0.2, 0.25) is 5.88 Å². The topological polar surface area (TPSA) is 22.1 Å². The van der Waals surface area contributed by atoms with Gasteiger partial charge in [0, 0.05) is 17.7 Å². The van der Waals surface area contributed by atoms with E-state index in [1.54, 1.807) is 0 Å². The molecule has 1 aliphatic heterocycles. The molecule has 2 heteroatoms. The van der Waals surface area contributed by atoms with Gasteiger partial charge in [-0.1, -0.05) is 38.1 Å². The molecule has 1 aromatic carbocycles. The molecular formula is C15H17NO. The second kappa shape index (κ2) is 5.00. The highest BCUT2D eigenvalue weighted by Gasteiger charge is 2.16. The van der Waals surface area contributed by atoms with Crippen molar-refractivity contribution in [1.82, 2.24) is 4.98 Å². The van der Waals surface area contributed by atoms with Gasteiger partial charge in [-0.3, -0.25) is 0 Å². The Morgan fingerprint density at radius 3 is 2.59 bits per heavy atom. The minimum absolute atomic E-state index is 0.758. The maximum atomic E-state index is 5.75. The number of hydrogen-bond donors (Lipinski definition) is 0. The fourth-order valence-corrected chi connectivity index (χ4v) is 1.84. The molecule has 0 bridgehead atoms. The highest BCUT2D eigenvalue weighted by atomic mass is 16.5. The molecule has 1 aromatic heterocycles. The van der Waals surface area contributed by atoms with Gasteiger partial charge in [-0.05, 0) is 24.6 Å². The standard InChI is InChI=1S/C13H11NO.C2H6/c1-9-6-7-11-8-10-4-2-3-5-12(10)15-13(11)14-9;1-2/h2-7H,8H2,1H3;1-2H3. The van der Waals surface area contributed by atoms with E-state index in [1.807, 2.05) is 45.0 Å². The average Bonchev–Trinajstić information content (AvgIpc) is 2.38. The minimum atomic E-state index is 0.758. The number of hydrogen-bond acceptors (Lipinski definition) is 2. The first-order valence-electron chi connectivity index (χ1n) is 6.05. The maximum absolute atomic E-state index is 5.75. The Morgan fingerprint density at radius 1 is 1.00 bits per heavy atom. The van der Waals surface area contributed by atoms with E-state index < -0.39 is 0 Å². The predicted octanol–water partition coefficient (Wildman–Crippen LogP) is 4.11. The van der Waals surface area contributed by atoms with E-state index in [0.29, 0.717) is 0 Å². The summed E-state index contributed by atoms with van der Waals surface area (Å²) in [5.74, 6) is 1.69. The van der Waals surface area contributed by atoms with Gasteiger partial charge in [0.15, 0.2) is 0 Å². The zero-order valence-corrected chi connectivity index (χ0v) is 10.5. The first-order valence-corrected chi connectivity index (χ1v) is 6.05. The number of para-hydroxylation sites is 1. The van der Waals surface area contributed by atoms with Crippen molar-refractivity contribution < 1.29 is 4.74 Å². The fraction of sp³-hybridized carbons (Fsp3) is 0.267. The number of benzene rings is 1. The largest absolute Gasteiger partial charge is 0.438 e. The summed E-state index contributed by atoms with van der Waals surface area (Å²) in [5.41, 5.74) is 3.39. The number of aromatic nitrogens is 1. The number of aryl methyl sites for hydroxylation is 1. The number of nitrogens with zero attached hydrogens (tertiary/aromatic N) is 1. The van der Waals surface area contributed by atoms with Crippen molar-refractivity contribution in [2.45, 2.75) is 27.2 Å². The van der Waals surface area contributed by atoms with Crippen molar-refractivity contribution >= 4 is 0 Å². The SMILES string of the molecule is CC.Cc1ccc2c(n1)Oc1ccccc1C2. The molecule has 1 aliphatic rings. The van der Waals surface area contributed by atoms with Crippen molar-refractivity contribution in [2.75, 3.05) is 0 Å². The van der Waals surface area contributed by atoms with Gasteiger partial charge in [-0.15, -0.1) is 0 Å². The predicted molar refractivity (Wildman–Crippen MR) is 69.6 cm³/mol. The molecule has 2 nitrogen and oxygen atoms in total. The Kier molecular flexibility index (Phi) is 3.43. The third kappa shape index (κ3) is 2.31. The van der Waals surface area contributed by atoms with Gasteiger partial charge in [0.25, 0.3) is 0 Å². The van der Waals surface area contributed by atoms with Crippen LogP contribution in [0.5, 0.6) is 11.6 Å². The third-order valence-electron chi connectivity index (χ3n) is 2.64. The highest BCUT2D eigenvalue weighted by Crippen LogP contribution is 2.34. The summed E-state index contributed by atoms with van der Waals surface area (Å²) in [4.78, 5) is 4.39. The quantitative estimate of drug-likeness (QED) is 0.576. The Balaban J connectivity index is 0.000000514. The van der Waals surface area contributed by atoms with Gasteiger partial charge in [0.1, 0.15) is 5.75 Å². The van der Waals surface area contributed by atoms with Crippen molar-refractivity contribution in [2.24, 2.45) is 0 Å². The van der Waals surface area contributed by atoms with E-state index in [9.17, 15) is 0 Å². The van der Waals surface area contributed by atoms with Crippen molar-refractivity contribution in [1.29, 1.82) is 0 Å². The normalized spacial score (nSPS) is 11.5. The first-order chi connectivity index (χ1) is 8.33. The first kappa shape index (κ1) is 11.6. The van der Waals surface area contributed by atoms with E-state index in [1.165, 1.54) is 11.1 Å². The average molecular weight is 227 g/mol. The molecule has 0 fully saturated rings. The van der Waals surface area contributed by atoms with Crippen LogP contribution in [0.15, 0.2) is 36.4 Å². The molecule has 17 heavy (non-hydrogen) atoms. The van der Waals surface area contributed by atoms with E-state index >= 15 is 0 Å². The van der Waals surface area contributed by atoms with Gasteiger partial charge in [-0.25, -0.2) is 4.98 Å². The number of ether oxygens (including phenoxy) is 1. The molecule has 0 N–H and O–H groups in total. The Hall–Kier alpha value is -1.83. The molecule has 0 saturated carbocycles. The second-order valence-electron chi connectivity index (χ2n) is 3.80. The fourth-order valence-electron chi connectivity index (χ4n) is 1.84. The lowest BCUT2D eigenvalue weighted by atomic mass is 10.0. The zero-order chi connectivity index (χ0) is 12.3. The summed E-state index contributed by atoms with van der Waals surface area (Å²) < 4.78 is 5.75. The molecule has 0 spiro atoms. The minimum Gasteiger partial charge on any atom is -0.438 e. The molecule has 2 heterocycles. The van der Waals surface area contributed by atoms with Crippen molar-refractivity contribution in [3.8, 4) is 11.6 Å². The summed E-state index contributed by atoms with van der Waals surface area (Å²) in [6.45, 7) is 5.98. The number of rotatable bonds is 0. The molecule has 3 rings (SSSR count). The Morgan fingerprint density at radius 2 is 1.76 bits per heavy atom. The Bertz CT molecular complexity index is 520. The van der Waals surface area contributed by atoms with Gasteiger partial charge >= 0.3 is 0 Å². The summed E-state index contributed by atoms with van der Waals surface area (Å²) in [6.07, 6.45) is 0.915. The Labute approximate surface area is 102 Å². The second-order valence-corrected chi connectivity index (χ2v) is 3.80. The van der Waals surface area contributed by atoms with Gasteiger partial charge in [0.05, 0.1) is 0 Å². The molecular weight excluding hydrogens is 210 g/mol. The molecule has 0 radical (unpaired) electrons. The smallest absolute Gasteiger partial charge is 0.223 e. The van der Waals surface area contributed by atoms with Crippen LogP contribution in [0.4, 0.5) is 0 Å². The molecule has 0 unspecified atom stereocenters. The van der Waals surface area contributed by atoms with Crippen LogP contribution in [0, 0.1) is 6.92 Å². The lowest BCUT2D eigenvalue weighted by Gasteiger charge is -2.18. The van der Waals surface area contributed by atoms with E-state index in [-0.39, 0.29) is 0 Å².